The van der Waals surface area contributed by atoms with Gasteiger partial charge in [0.2, 0.25) is 5.91 Å². The average molecular weight is 305 g/mol. The van der Waals surface area contributed by atoms with Crippen LogP contribution < -0.4 is 10.1 Å². The molecule has 0 spiro atoms. The number of rotatable bonds is 8. The molecule has 0 aliphatic heterocycles. The molecule has 0 saturated heterocycles. The zero-order valence-corrected chi connectivity index (χ0v) is 12.8. The monoisotopic (exact) mass is 305 g/mol. The smallest absolute Gasteiger partial charge is 0.225 e. The summed E-state index contributed by atoms with van der Waals surface area (Å²) >= 11 is 1.66. The number of carbonyl (C=O) groups is 1. The van der Waals surface area contributed by atoms with Crippen LogP contribution >= 0.6 is 11.8 Å². The lowest BCUT2D eigenvalue weighted by atomic mass is 10.3. The number of nitrogens with zero attached hydrogens (tertiary/aromatic N) is 2. The first-order chi connectivity index (χ1) is 10.3. The minimum atomic E-state index is 0.00927. The summed E-state index contributed by atoms with van der Waals surface area (Å²) in [5, 5.41) is 2.89. The summed E-state index contributed by atoms with van der Waals surface area (Å²) in [6, 6.07) is 7.48. The first kappa shape index (κ1) is 15.4. The third kappa shape index (κ3) is 5.15. The van der Waals surface area contributed by atoms with Gasteiger partial charge in [0.25, 0.3) is 0 Å². The van der Waals surface area contributed by atoms with E-state index in [1.807, 2.05) is 41.3 Å². The van der Waals surface area contributed by atoms with Crippen molar-refractivity contribution in [2.75, 3.05) is 23.9 Å². The van der Waals surface area contributed by atoms with E-state index >= 15 is 0 Å². The summed E-state index contributed by atoms with van der Waals surface area (Å²) in [5.74, 6) is 1.51. The molecule has 1 heterocycles. The van der Waals surface area contributed by atoms with Gasteiger partial charge >= 0.3 is 0 Å². The number of anilines is 1. The van der Waals surface area contributed by atoms with Gasteiger partial charge in [-0.1, -0.05) is 12.1 Å². The Labute approximate surface area is 128 Å². The highest BCUT2D eigenvalue weighted by atomic mass is 32.2. The van der Waals surface area contributed by atoms with Gasteiger partial charge in [-0.15, -0.1) is 0 Å². The molecule has 1 amide bonds. The zero-order valence-electron chi connectivity index (χ0n) is 12.0. The van der Waals surface area contributed by atoms with Crippen molar-refractivity contribution >= 4 is 23.4 Å². The molecule has 0 fully saturated rings. The number of aromatic nitrogens is 2. The van der Waals surface area contributed by atoms with E-state index < -0.39 is 0 Å². The van der Waals surface area contributed by atoms with Crippen LogP contribution in [-0.4, -0.2) is 34.1 Å². The number of imidazole rings is 1. The van der Waals surface area contributed by atoms with Gasteiger partial charge in [-0.05, 0) is 18.4 Å². The summed E-state index contributed by atoms with van der Waals surface area (Å²) in [4.78, 5) is 15.8. The van der Waals surface area contributed by atoms with Crippen molar-refractivity contribution < 1.29 is 9.53 Å². The van der Waals surface area contributed by atoms with Crippen molar-refractivity contribution in [1.29, 1.82) is 0 Å². The van der Waals surface area contributed by atoms with Crippen LogP contribution in [0.1, 0.15) is 6.42 Å². The van der Waals surface area contributed by atoms with E-state index in [-0.39, 0.29) is 5.91 Å². The molecule has 112 valence electrons. The van der Waals surface area contributed by atoms with Gasteiger partial charge in [0, 0.05) is 24.6 Å². The third-order valence-electron chi connectivity index (χ3n) is 2.86. The quantitative estimate of drug-likeness (QED) is 0.814. The van der Waals surface area contributed by atoms with E-state index in [1.54, 1.807) is 24.3 Å². The summed E-state index contributed by atoms with van der Waals surface area (Å²) in [6.45, 7) is 1.24. The molecule has 0 aliphatic carbocycles. The molecule has 0 bridgehead atoms. The van der Waals surface area contributed by atoms with Gasteiger partial charge in [0.15, 0.2) is 0 Å². The second-order valence-corrected chi connectivity index (χ2v) is 5.42. The molecule has 6 heteroatoms. The van der Waals surface area contributed by atoms with Gasteiger partial charge in [0.05, 0.1) is 18.6 Å². The number of amides is 1. The third-order valence-corrected chi connectivity index (χ3v) is 3.47. The Morgan fingerprint density at radius 1 is 1.43 bits per heavy atom. The SMILES string of the molecule is CSCCC(=O)Nc1ccccc1OCCn1ccnc1. The van der Waals surface area contributed by atoms with E-state index in [0.717, 1.165) is 12.3 Å². The predicted octanol–water partition coefficient (Wildman–Crippen LogP) is 2.65. The van der Waals surface area contributed by atoms with Gasteiger partial charge in [-0.2, -0.15) is 11.8 Å². The highest BCUT2D eigenvalue weighted by molar-refractivity contribution is 7.98. The van der Waals surface area contributed by atoms with Crippen LogP contribution in [0.15, 0.2) is 43.0 Å². The lowest BCUT2D eigenvalue weighted by molar-refractivity contribution is -0.115. The first-order valence-electron chi connectivity index (χ1n) is 6.76. The lowest BCUT2D eigenvalue weighted by Gasteiger charge is -2.12. The number of hydrogen-bond donors (Lipinski definition) is 1. The van der Waals surface area contributed by atoms with Crippen LogP contribution in [0.3, 0.4) is 0 Å². The number of nitrogens with one attached hydrogen (secondary N) is 1. The number of ether oxygens (including phenoxy) is 1. The minimum absolute atomic E-state index is 0.00927. The molecule has 5 nitrogen and oxygen atoms in total. The molecule has 0 aliphatic rings. The molecule has 1 aromatic heterocycles. The van der Waals surface area contributed by atoms with E-state index in [0.29, 0.717) is 24.5 Å². The van der Waals surface area contributed by atoms with E-state index in [1.165, 1.54) is 0 Å². The maximum absolute atomic E-state index is 11.8. The van der Waals surface area contributed by atoms with E-state index in [4.69, 9.17) is 4.74 Å². The second-order valence-electron chi connectivity index (χ2n) is 4.44. The standard InChI is InChI=1S/C15H19N3O2S/c1-21-11-6-15(19)17-13-4-2-3-5-14(13)20-10-9-18-8-7-16-12-18/h2-5,7-8,12H,6,9-11H2,1H3,(H,17,19). The highest BCUT2D eigenvalue weighted by Gasteiger charge is 2.07. The summed E-state index contributed by atoms with van der Waals surface area (Å²) in [5.41, 5.74) is 0.717. The maximum Gasteiger partial charge on any atom is 0.225 e. The molecule has 21 heavy (non-hydrogen) atoms. The van der Waals surface area contributed by atoms with E-state index in [2.05, 4.69) is 10.3 Å². The Morgan fingerprint density at radius 2 is 2.29 bits per heavy atom. The minimum Gasteiger partial charge on any atom is -0.490 e. The number of benzene rings is 1. The molecule has 1 N–H and O–H groups in total. The topological polar surface area (TPSA) is 56.1 Å². The second kappa shape index (κ2) is 8.36. The molecule has 2 rings (SSSR count). The summed E-state index contributed by atoms with van der Waals surface area (Å²) in [6.07, 6.45) is 7.86. The molecular formula is C15H19N3O2S. The van der Waals surface area contributed by atoms with Crippen molar-refractivity contribution in [3.8, 4) is 5.75 Å². The lowest BCUT2D eigenvalue weighted by Crippen LogP contribution is -2.14. The molecule has 1 aromatic carbocycles. The molecular weight excluding hydrogens is 286 g/mol. The maximum atomic E-state index is 11.8. The van der Waals surface area contributed by atoms with Crippen LogP contribution in [0.25, 0.3) is 0 Å². The van der Waals surface area contributed by atoms with Crippen LogP contribution in [0.2, 0.25) is 0 Å². The van der Waals surface area contributed by atoms with Crippen molar-refractivity contribution in [2.24, 2.45) is 0 Å². The van der Waals surface area contributed by atoms with Crippen LogP contribution in [0.5, 0.6) is 5.75 Å². The van der Waals surface area contributed by atoms with Crippen molar-refractivity contribution in [2.45, 2.75) is 13.0 Å². The van der Waals surface area contributed by atoms with Gasteiger partial charge in [-0.25, -0.2) is 4.98 Å². The van der Waals surface area contributed by atoms with Gasteiger partial charge in [-0.3, -0.25) is 4.79 Å². The number of para-hydroxylation sites is 2. The van der Waals surface area contributed by atoms with Crippen molar-refractivity contribution in [3.05, 3.63) is 43.0 Å². The Morgan fingerprint density at radius 3 is 3.05 bits per heavy atom. The number of carbonyl (C=O) groups excluding carboxylic acids is 1. The fourth-order valence-corrected chi connectivity index (χ4v) is 2.17. The molecule has 0 atom stereocenters. The van der Waals surface area contributed by atoms with Crippen molar-refractivity contribution in [3.63, 3.8) is 0 Å². The largest absolute Gasteiger partial charge is 0.490 e. The highest BCUT2D eigenvalue weighted by Crippen LogP contribution is 2.24. The molecule has 2 aromatic rings. The number of hydrogen-bond acceptors (Lipinski definition) is 4. The first-order valence-corrected chi connectivity index (χ1v) is 8.15. The van der Waals surface area contributed by atoms with Crippen LogP contribution in [0.4, 0.5) is 5.69 Å². The Bertz CT molecular complexity index is 558. The Balaban J connectivity index is 1.88. The molecule has 0 radical (unpaired) electrons. The molecule has 0 unspecified atom stereocenters. The normalized spacial score (nSPS) is 10.3. The van der Waals surface area contributed by atoms with Crippen molar-refractivity contribution in [1.82, 2.24) is 9.55 Å². The van der Waals surface area contributed by atoms with E-state index in [9.17, 15) is 4.79 Å². The average Bonchev–Trinajstić information content (AvgIpc) is 3.00. The van der Waals surface area contributed by atoms with Gasteiger partial charge < -0.3 is 14.6 Å². The summed E-state index contributed by atoms with van der Waals surface area (Å²) < 4.78 is 7.69. The fourth-order valence-electron chi connectivity index (χ4n) is 1.78. The summed E-state index contributed by atoms with van der Waals surface area (Å²) in [7, 11) is 0. The fraction of sp³-hybridized carbons (Fsp3) is 0.333. The predicted molar refractivity (Wildman–Crippen MR) is 85.8 cm³/mol. The zero-order chi connectivity index (χ0) is 14.9. The molecule has 0 saturated carbocycles. The Kier molecular flexibility index (Phi) is 6.15. The van der Waals surface area contributed by atoms with Crippen LogP contribution in [-0.2, 0) is 11.3 Å². The Hall–Kier alpha value is -1.95. The van der Waals surface area contributed by atoms with Crippen LogP contribution in [0, 0.1) is 0 Å². The number of thioether (sulfide) groups is 1. The van der Waals surface area contributed by atoms with Gasteiger partial charge in [0.1, 0.15) is 12.4 Å².